The quantitative estimate of drug-likeness (QED) is 0.467. The van der Waals surface area contributed by atoms with Crippen molar-refractivity contribution in [3.63, 3.8) is 0 Å². The highest BCUT2D eigenvalue weighted by Gasteiger charge is 2.33. The topological polar surface area (TPSA) is 44.8 Å². The molecule has 0 aliphatic rings. The van der Waals surface area contributed by atoms with Gasteiger partial charge in [0.2, 0.25) is 0 Å². The van der Waals surface area contributed by atoms with Gasteiger partial charge in [-0.1, -0.05) is 48.5 Å². The number of rotatable bonds is 7. The van der Waals surface area contributed by atoms with Gasteiger partial charge in [-0.3, -0.25) is 0 Å². The SMILES string of the molecule is COc1cc(C(=O)OCc2ccccc2C(F)(F)F)ccc1OCc1ccccc1. The Morgan fingerprint density at radius 3 is 2.27 bits per heavy atom. The van der Waals surface area contributed by atoms with Gasteiger partial charge in [-0.2, -0.15) is 13.2 Å². The lowest BCUT2D eigenvalue weighted by atomic mass is 10.1. The number of alkyl halides is 3. The minimum absolute atomic E-state index is 0.117. The van der Waals surface area contributed by atoms with Crippen LogP contribution in [0.3, 0.4) is 0 Å². The second kappa shape index (κ2) is 9.35. The van der Waals surface area contributed by atoms with Crippen LogP contribution in [-0.4, -0.2) is 13.1 Å². The summed E-state index contributed by atoms with van der Waals surface area (Å²) >= 11 is 0. The summed E-state index contributed by atoms with van der Waals surface area (Å²) in [4.78, 5) is 12.3. The molecule has 0 radical (unpaired) electrons. The number of hydrogen-bond donors (Lipinski definition) is 0. The van der Waals surface area contributed by atoms with Crippen LogP contribution in [0.1, 0.15) is 27.0 Å². The summed E-state index contributed by atoms with van der Waals surface area (Å²) in [6.07, 6.45) is -4.52. The number of methoxy groups -OCH3 is 1. The Morgan fingerprint density at radius 1 is 0.867 bits per heavy atom. The predicted molar refractivity (Wildman–Crippen MR) is 104 cm³/mol. The molecule has 7 heteroatoms. The highest BCUT2D eigenvalue weighted by atomic mass is 19.4. The molecule has 0 aliphatic carbocycles. The Balaban J connectivity index is 1.68. The number of hydrogen-bond acceptors (Lipinski definition) is 4. The summed E-state index contributed by atoms with van der Waals surface area (Å²) in [7, 11) is 1.43. The standard InChI is InChI=1S/C23H19F3O4/c1-28-21-13-17(11-12-20(21)29-14-16-7-3-2-4-8-16)22(27)30-15-18-9-5-6-10-19(18)23(24,25)26/h2-13H,14-15H2,1H3. The van der Waals surface area contributed by atoms with E-state index in [0.29, 0.717) is 18.1 Å². The Kier molecular flexibility index (Phi) is 6.61. The molecule has 3 aromatic carbocycles. The van der Waals surface area contributed by atoms with Crippen LogP contribution >= 0.6 is 0 Å². The zero-order valence-corrected chi connectivity index (χ0v) is 16.1. The van der Waals surface area contributed by atoms with Gasteiger partial charge in [0.15, 0.2) is 11.5 Å². The minimum atomic E-state index is -4.52. The minimum Gasteiger partial charge on any atom is -0.493 e. The fourth-order valence-corrected chi connectivity index (χ4v) is 2.80. The number of benzene rings is 3. The fraction of sp³-hybridized carbons (Fsp3) is 0.174. The van der Waals surface area contributed by atoms with Crippen LogP contribution in [0.15, 0.2) is 72.8 Å². The van der Waals surface area contributed by atoms with Crippen molar-refractivity contribution in [3.05, 3.63) is 95.1 Å². The van der Waals surface area contributed by atoms with Crippen LogP contribution in [0.2, 0.25) is 0 Å². The molecule has 30 heavy (non-hydrogen) atoms. The van der Waals surface area contributed by atoms with Gasteiger partial charge in [0.1, 0.15) is 13.2 Å². The first kappa shape index (κ1) is 21.2. The maximum atomic E-state index is 13.1. The lowest BCUT2D eigenvalue weighted by Crippen LogP contribution is -2.12. The van der Waals surface area contributed by atoms with Crippen LogP contribution in [0.25, 0.3) is 0 Å². The molecule has 0 saturated carbocycles. The van der Waals surface area contributed by atoms with Gasteiger partial charge >= 0.3 is 12.1 Å². The molecule has 156 valence electrons. The Bertz CT molecular complexity index is 1000. The molecule has 0 heterocycles. The largest absolute Gasteiger partial charge is 0.493 e. The monoisotopic (exact) mass is 416 g/mol. The summed E-state index contributed by atoms with van der Waals surface area (Å²) in [5.41, 5.74) is 0.156. The van der Waals surface area contributed by atoms with Gasteiger partial charge in [-0.25, -0.2) is 4.79 Å². The van der Waals surface area contributed by atoms with E-state index < -0.39 is 24.3 Å². The van der Waals surface area contributed by atoms with E-state index in [1.54, 1.807) is 6.07 Å². The lowest BCUT2D eigenvalue weighted by Gasteiger charge is -2.14. The van der Waals surface area contributed by atoms with Crippen molar-refractivity contribution >= 4 is 5.97 Å². The summed E-state index contributed by atoms with van der Waals surface area (Å²) in [5, 5.41) is 0. The van der Waals surface area contributed by atoms with E-state index in [1.165, 1.54) is 37.4 Å². The molecule has 0 atom stereocenters. The van der Waals surface area contributed by atoms with Gasteiger partial charge in [0.25, 0.3) is 0 Å². The molecular weight excluding hydrogens is 397 g/mol. The van der Waals surface area contributed by atoms with E-state index in [-0.39, 0.29) is 11.1 Å². The van der Waals surface area contributed by atoms with Crippen LogP contribution < -0.4 is 9.47 Å². The van der Waals surface area contributed by atoms with E-state index in [1.807, 2.05) is 30.3 Å². The van der Waals surface area contributed by atoms with E-state index in [0.717, 1.165) is 11.6 Å². The van der Waals surface area contributed by atoms with Gasteiger partial charge in [-0.15, -0.1) is 0 Å². The molecule has 0 N–H and O–H groups in total. The van der Waals surface area contributed by atoms with E-state index in [9.17, 15) is 18.0 Å². The van der Waals surface area contributed by atoms with Crippen LogP contribution in [0.4, 0.5) is 13.2 Å². The third kappa shape index (κ3) is 5.31. The predicted octanol–water partition coefficient (Wildman–Crippen LogP) is 5.65. The fourth-order valence-electron chi connectivity index (χ4n) is 2.80. The smallest absolute Gasteiger partial charge is 0.416 e. The van der Waals surface area contributed by atoms with Gasteiger partial charge in [0, 0.05) is 5.56 Å². The zero-order valence-electron chi connectivity index (χ0n) is 16.1. The first-order valence-corrected chi connectivity index (χ1v) is 9.05. The number of carbonyl (C=O) groups is 1. The molecule has 0 amide bonds. The molecule has 3 rings (SSSR count). The average molecular weight is 416 g/mol. The van der Waals surface area contributed by atoms with Crippen LogP contribution in [-0.2, 0) is 24.1 Å². The van der Waals surface area contributed by atoms with Crippen molar-refractivity contribution in [1.29, 1.82) is 0 Å². The van der Waals surface area contributed by atoms with Crippen molar-refractivity contribution in [3.8, 4) is 11.5 Å². The summed E-state index contributed by atoms with van der Waals surface area (Å²) in [5.74, 6) is -0.0173. The molecule has 0 aromatic heterocycles. The second-order valence-corrected chi connectivity index (χ2v) is 6.37. The lowest BCUT2D eigenvalue weighted by molar-refractivity contribution is -0.138. The van der Waals surface area contributed by atoms with E-state index >= 15 is 0 Å². The van der Waals surface area contributed by atoms with Gasteiger partial charge < -0.3 is 14.2 Å². The molecule has 0 spiro atoms. The van der Waals surface area contributed by atoms with Crippen molar-refractivity contribution in [2.24, 2.45) is 0 Å². The third-order valence-electron chi connectivity index (χ3n) is 4.32. The first-order chi connectivity index (χ1) is 14.4. The van der Waals surface area contributed by atoms with E-state index in [2.05, 4.69) is 0 Å². The van der Waals surface area contributed by atoms with Crippen molar-refractivity contribution < 1.29 is 32.2 Å². The normalized spacial score (nSPS) is 11.1. The summed E-state index contributed by atoms with van der Waals surface area (Å²) in [6, 6.07) is 18.9. The molecule has 0 saturated heterocycles. The molecule has 3 aromatic rings. The zero-order chi connectivity index (χ0) is 21.6. The first-order valence-electron chi connectivity index (χ1n) is 9.05. The maximum absolute atomic E-state index is 13.1. The van der Waals surface area contributed by atoms with Gasteiger partial charge in [0.05, 0.1) is 18.2 Å². The molecule has 0 bridgehead atoms. The van der Waals surface area contributed by atoms with Crippen LogP contribution in [0, 0.1) is 0 Å². The summed E-state index contributed by atoms with van der Waals surface area (Å²) < 4.78 is 55.3. The van der Waals surface area contributed by atoms with Crippen molar-refractivity contribution in [2.45, 2.75) is 19.4 Å². The molecule has 0 aliphatic heterocycles. The highest BCUT2D eigenvalue weighted by molar-refractivity contribution is 5.90. The number of halogens is 3. The number of ether oxygens (including phenoxy) is 3. The average Bonchev–Trinajstić information content (AvgIpc) is 2.76. The Labute approximate surface area is 171 Å². The second-order valence-electron chi connectivity index (χ2n) is 6.37. The Hall–Kier alpha value is -3.48. The van der Waals surface area contributed by atoms with Crippen LogP contribution in [0.5, 0.6) is 11.5 Å². The third-order valence-corrected chi connectivity index (χ3v) is 4.32. The molecule has 0 fully saturated rings. The van der Waals surface area contributed by atoms with Crippen molar-refractivity contribution in [1.82, 2.24) is 0 Å². The maximum Gasteiger partial charge on any atom is 0.416 e. The van der Waals surface area contributed by atoms with Gasteiger partial charge in [-0.05, 0) is 29.8 Å². The summed E-state index contributed by atoms with van der Waals surface area (Å²) in [6.45, 7) is -0.182. The number of esters is 1. The molecule has 4 nitrogen and oxygen atoms in total. The Morgan fingerprint density at radius 2 is 1.57 bits per heavy atom. The highest BCUT2D eigenvalue weighted by Crippen LogP contribution is 2.33. The molecular formula is C23H19F3O4. The van der Waals surface area contributed by atoms with Crippen molar-refractivity contribution in [2.75, 3.05) is 7.11 Å². The molecule has 0 unspecified atom stereocenters. The van der Waals surface area contributed by atoms with E-state index in [4.69, 9.17) is 14.2 Å². The number of carbonyl (C=O) groups excluding carboxylic acids is 1.